The number of quaternary nitrogens is 1. The van der Waals surface area contributed by atoms with E-state index in [9.17, 15) is 4.79 Å². The first-order valence-corrected chi connectivity index (χ1v) is 11.5. The van der Waals surface area contributed by atoms with E-state index in [1.54, 1.807) is 0 Å². The van der Waals surface area contributed by atoms with E-state index in [0.717, 1.165) is 49.6 Å². The van der Waals surface area contributed by atoms with Gasteiger partial charge in [-0.05, 0) is 49.2 Å². The van der Waals surface area contributed by atoms with Crippen LogP contribution in [0.4, 0.5) is 0 Å². The Morgan fingerprint density at radius 3 is 2.70 bits per heavy atom. The molecule has 0 radical (unpaired) electrons. The van der Waals surface area contributed by atoms with Gasteiger partial charge in [0.25, 0.3) is 0 Å². The van der Waals surface area contributed by atoms with Gasteiger partial charge in [-0.15, -0.1) is 0 Å². The maximum Gasteiger partial charge on any atom is 0.313 e. The second kappa shape index (κ2) is 9.71. The molecule has 1 N–H and O–H groups in total. The summed E-state index contributed by atoms with van der Waals surface area (Å²) >= 11 is 5.82. The number of benzene rings is 1. The number of carbonyl (C=O) groups excluding carboxylic acids is 1. The van der Waals surface area contributed by atoms with E-state index in [2.05, 4.69) is 41.0 Å². The maximum absolute atomic E-state index is 12.1. The predicted molar refractivity (Wildman–Crippen MR) is 119 cm³/mol. The van der Waals surface area contributed by atoms with Gasteiger partial charge in [0, 0.05) is 12.5 Å². The van der Waals surface area contributed by atoms with Crippen molar-refractivity contribution in [2.45, 2.75) is 58.2 Å². The Balaban J connectivity index is 1.51. The lowest BCUT2D eigenvalue weighted by Crippen LogP contribution is -3.11. The minimum atomic E-state index is -0.232. The molecule has 30 heavy (non-hydrogen) atoms. The molecule has 1 aromatic carbocycles. The fourth-order valence-corrected chi connectivity index (χ4v) is 4.97. The zero-order valence-corrected chi connectivity index (χ0v) is 18.5. The van der Waals surface area contributed by atoms with Crippen LogP contribution in [0, 0.1) is 4.77 Å². The first kappa shape index (κ1) is 21.0. The fraction of sp³-hybridized carbons (Fsp3) is 0.522. The van der Waals surface area contributed by atoms with Gasteiger partial charge < -0.3 is 14.2 Å². The molecule has 1 saturated carbocycles. The third kappa shape index (κ3) is 4.73. The van der Waals surface area contributed by atoms with Crippen molar-refractivity contribution in [3.8, 4) is 0 Å². The standard InChI is InChI=1S/C23H30N4O2S/c1-2-29-22(28)16-21-24-26(23(30)27(21)20-10-6-7-11-20)17-25-14-12-19(13-15-25)18-8-4-3-5-9-18/h3-5,8-9,12,20H,2,6-7,10-11,13-17H2,1H3/p+1. The number of nitrogens with zero attached hydrogens (tertiary/aromatic N) is 3. The first-order chi connectivity index (χ1) is 14.7. The monoisotopic (exact) mass is 427 g/mol. The van der Waals surface area contributed by atoms with Crippen molar-refractivity contribution in [3.05, 3.63) is 52.6 Å². The number of carbonyl (C=O) groups is 1. The van der Waals surface area contributed by atoms with Gasteiger partial charge in [-0.3, -0.25) is 4.79 Å². The summed E-state index contributed by atoms with van der Waals surface area (Å²) in [6.45, 7) is 4.95. The number of nitrogens with one attached hydrogen (secondary N) is 1. The Hall–Kier alpha value is -2.25. The number of rotatable bonds is 7. The minimum absolute atomic E-state index is 0.189. The molecule has 0 bridgehead atoms. The van der Waals surface area contributed by atoms with E-state index < -0.39 is 0 Å². The van der Waals surface area contributed by atoms with E-state index in [4.69, 9.17) is 22.1 Å². The van der Waals surface area contributed by atoms with Crippen molar-refractivity contribution < 1.29 is 14.4 Å². The Kier molecular flexibility index (Phi) is 6.79. The molecule has 1 aliphatic carbocycles. The molecule has 160 valence electrons. The van der Waals surface area contributed by atoms with E-state index in [-0.39, 0.29) is 12.4 Å². The lowest BCUT2D eigenvalue weighted by molar-refractivity contribution is -0.918. The number of esters is 1. The van der Waals surface area contributed by atoms with Crippen LogP contribution in [0.5, 0.6) is 0 Å². The van der Waals surface area contributed by atoms with Crippen LogP contribution < -0.4 is 4.90 Å². The third-order valence-corrected chi connectivity index (χ3v) is 6.55. The van der Waals surface area contributed by atoms with Crippen LogP contribution in [0.15, 0.2) is 36.4 Å². The Morgan fingerprint density at radius 2 is 2.03 bits per heavy atom. The van der Waals surface area contributed by atoms with E-state index in [1.807, 2.05) is 11.6 Å². The summed E-state index contributed by atoms with van der Waals surface area (Å²) < 4.78 is 9.97. The van der Waals surface area contributed by atoms with E-state index in [0.29, 0.717) is 12.6 Å². The summed E-state index contributed by atoms with van der Waals surface area (Å²) in [6, 6.07) is 11.0. The lowest BCUT2D eigenvalue weighted by atomic mass is 10.00. The van der Waals surface area contributed by atoms with Crippen molar-refractivity contribution in [1.29, 1.82) is 0 Å². The normalized spacial score (nSPS) is 19.6. The molecule has 2 heterocycles. The molecule has 4 rings (SSSR count). The number of aromatic nitrogens is 3. The van der Waals surface area contributed by atoms with Gasteiger partial charge >= 0.3 is 5.97 Å². The molecule has 2 aromatic rings. The largest absolute Gasteiger partial charge is 0.466 e. The molecule has 7 heteroatoms. The number of hydrogen-bond acceptors (Lipinski definition) is 4. The van der Waals surface area contributed by atoms with Crippen LogP contribution in [0.25, 0.3) is 5.57 Å². The summed E-state index contributed by atoms with van der Waals surface area (Å²) in [6.07, 6.45) is 8.21. The van der Waals surface area contributed by atoms with Gasteiger partial charge in [0.05, 0.1) is 19.7 Å². The molecule has 1 atom stereocenters. The van der Waals surface area contributed by atoms with Crippen molar-refractivity contribution in [2.75, 3.05) is 19.7 Å². The SMILES string of the molecule is CCOC(=O)Cc1nn(C[NH+]2CC=C(c3ccccc3)CC2)c(=S)n1C1CCCC1. The molecule has 1 aromatic heterocycles. The minimum Gasteiger partial charge on any atom is -0.466 e. The molecule has 6 nitrogen and oxygen atoms in total. The predicted octanol–water partition coefficient (Wildman–Crippen LogP) is 2.96. The summed E-state index contributed by atoms with van der Waals surface area (Å²) in [5, 5.41) is 4.78. The molecule has 1 fully saturated rings. The molecule has 0 spiro atoms. The zero-order chi connectivity index (χ0) is 20.9. The molecule has 2 aliphatic rings. The second-order valence-corrected chi connectivity index (χ2v) is 8.56. The highest BCUT2D eigenvalue weighted by Gasteiger charge is 2.26. The van der Waals surface area contributed by atoms with Gasteiger partial charge in [0.15, 0.2) is 6.67 Å². The van der Waals surface area contributed by atoms with Crippen LogP contribution in [0.1, 0.15) is 56.5 Å². The van der Waals surface area contributed by atoms with Gasteiger partial charge in [-0.25, -0.2) is 0 Å². The average Bonchev–Trinajstić information content (AvgIpc) is 3.38. The molecular formula is C23H31N4O2S+. The Labute approximate surface area is 183 Å². The fourth-order valence-electron chi connectivity index (χ4n) is 4.61. The quantitative estimate of drug-likeness (QED) is 0.545. The van der Waals surface area contributed by atoms with Crippen molar-refractivity contribution >= 4 is 23.8 Å². The third-order valence-electron chi connectivity index (χ3n) is 6.14. The molecule has 0 saturated heterocycles. The maximum atomic E-state index is 12.1. The molecule has 1 unspecified atom stereocenters. The number of hydrogen-bond donors (Lipinski definition) is 1. The highest BCUT2D eigenvalue weighted by molar-refractivity contribution is 7.71. The van der Waals surface area contributed by atoms with E-state index >= 15 is 0 Å². The van der Waals surface area contributed by atoms with Crippen LogP contribution in [0.3, 0.4) is 0 Å². The van der Waals surface area contributed by atoms with Crippen LogP contribution in [-0.4, -0.2) is 40.0 Å². The molecule has 0 amide bonds. The topological polar surface area (TPSA) is 53.5 Å². The van der Waals surface area contributed by atoms with Crippen molar-refractivity contribution in [3.63, 3.8) is 0 Å². The molecule has 1 aliphatic heterocycles. The first-order valence-electron chi connectivity index (χ1n) is 11.1. The highest BCUT2D eigenvalue weighted by atomic mass is 32.1. The van der Waals surface area contributed by atoms with Gasteiger partial charge in [0.2, 0.25) is 4.77 Å². The van der Waals surface area contributed by atoms with E-state index in [1.165, 1.54) is 28.9 Å². The summed E-state index contributed by atoms with van der Waals surface area (Å²) in [7, 11) is 0. The van der Waals surface area contributed by atoms with Crippen molar-refractivity contribution in [1.82, 2.24) is 14.3 Å². The lowest BCUT2D eigenvalue weighted by Gasteiger charge is -2.23. The second-order valence-electron chi connectivity index (χ2n) is 8.20. The zero-order valence-electron chi connectivity index (χ0n) is 17.7. The smallest absolute Gasteiger partial charge is 0.313 e. The summed E-state index contributed by atoms with van der Waals surface area (Å²) in [5.74, 6) is 0.520. The summed E-state index contributed by atoms with van der Waals surface area (Å²) in [4.78, 5) is 13.6. The van der Waals surface area contributed by atoms with Gasteiger partial charge in [-0.1, -0.05) is 43.2 Å². The van der Waals surface area contributed by atoms with Crippen LogP contribution in [0.2, 0.25) is 0 Å². The van der Waals surface area contributed by atoms with Gasteiger partial charge in [0.1, 0.15) is 12.2 Å². The van der Waals surface area contributed by atoms with Crippen molar-refractivity contribution in [2.24, 2.45) is 0 Å². The summed E-state index contributed by atoms with van der Waals surface area (Å²) in [5.41, 5.74) is 2.73. The number of ether oxygens (including phenoxy) is 1. The highest BCUT2D eigenvalue weighted by Crippen LogP contribution is 2.31. The molecular weight excluding hydrogens is 396 g/mol. The Bertz CT molecular complexity index is 957. The average molecular weight is 428 g/mol. The van der Waals surface area contributed by atoms with Crippen LogP contribution >= 0.6 is 12.2 Å². The van der Waals surface area contributed by atoms with Gasteiger partial charge in [-0.2, -0.15) is 9.78 Å². The Morgan fingerprint density at radius 1 is 1.27 bits per heavy atom. The van der Waals surface area contributed by atoms with Crippen LogP contribution in [-0.2, 0) is 22.6 Å².